The van der Waals surface area contributed by atoms with Gasteiger partial charge < -0.3 is 9.31 Å². The highest BCUT2D eigenvalue weighted by atomic mass is 35.5. The first kappa shape index (κ1) is 21.1. The second-order valence-electron chi connectivity index (χ2n) is 5.23. The van der Waals surface area contributed by atoms with E-state index in [9.17, 15) is 26.9 Å². The summed E-state index contributed by atoms with van der Waals surface area (Å²) < 4.78 is 59.4. The molecule has 0 bridgehead atoms. The van der Waals surface area contributed by atoms with Gasteiger partial charge in [0, 0.05) is 0 Å². The average Bonchev–Trinajstić information content (AvgIpc) is 2.61. The highest BCUT2D eigenvalue weighted by Gasteiger charge is 2.41. The molecule has 0 atom stereocenters. The molecule has 2 aromatic rings. The molecule has 0 radical (unpaired) electrons. The van der Waals surface area contributed by atoms with E-state index in [0.717, 1.165) is 12.1 Å². The average molecular weight is 474 g/mol. The fourth-order valence-corrected chi connectivity index (χ4v) is 3.74. The molecule has 0 N–H and O–H groups in total. The van der Waals surface area contributed by atoms with Gasteiger partial charge in [0.05, 0.1) is 42.3 Å². The smallest absolute Gasteiger partial charge is 0.505 e. The summed E-state index contributed by atoms with van der Waals surface area (Å²) in [5, 5.41) is -1.63. The quantitative estimate of drug-likeness (QED) is 0.212. The molecule has 14 heteroatoms. The normalized spacial score (nSPS) is 12.4. The molecule has 0 fully saturated rings. The van der Waals surface area contributed by atoms with Crippen LogP contribution in [0.15, 0.2) is 12.1 Å². The molecule has 0 saturated carbocycles. The van der Waals surface area contributed by atoms with Gasteiger partial charge in [-0.15, -0.1) is 0 Å². The van der Waals surface area contributed by atoms with Gasteiger partial charge in [0.25, 0.3) is 0 Å². The van der Waals surface area contributed by atoms with Crippen molar-refractivity contribution in [2.45, 2.75) is 0 Å². The fourth-order valence-electron chi connectivity index (χ4n) is 2.71. The van der Waals surface area contributed by atoms with Crippen LogP contribution in [-0.2, 0) is 0 Å². The number of benzene rings is 2. The second kappa shape index (κ2) is 7.66. The Morgan fingerprint density at radius 1 is 0.607 bits per heavy atom. The minimum absolute atomic E-state index is 0.354. The van der Waals surface area contributed by atoms with Gasteiger partial charge in [0.1, 0.15) is 11.5 Å². The molecule has 0 unspecified atom stereocenters. The maximum atomic E-state index is 13.0. The molecule has 28 heavy (non-hydrogen) atoms. The molecule has 0 saturated heterocycles. The lowest BCUT2D eigenvalue weighted by molar-refractivity contribution is 0.0975. The second-order valence-corrected chi connectivity index (χ2v) is 6.74. The van der Waals surface area contributed by atoms with Crippen molar-refractivity contribution in [1.29, 1.82) is 0 Å². The van der Waals surface area contributed by atoms with E-state index in [2.05, 4.69) is 9.31 Å². The molecular formula is C14H2B2Cl4F4O4. The van der Waals surface area contributed by atoms with Crippen LogP contribution < -0.4 is 9.31 Å². The molecule has 1 aliphatic rings. The van der Waals surface area contributed by atoms with Gasteiger partial charge in [-0.3, -0.25) is 9.59 Å². The highest BCUT2D eigenvalue weighted by Crippen LogP contribution is 2.48. The van der Waals surface area contributed by atoms with Crippen LogP contribution in [0, 0.1) is 0 Å². The third-order valence-electron chi connectivity index (χ3n) is 3.74. The van der Waals surface area contributed by atoms with Gasteiger partial charge in [-0.05, 0) is 12.1 Å². The van der Waals surface area contributed by atoms with Crippen molar-refractivity contribution in [2.24, 2.45) is 0 Å². The van der Waals surface area contributed by atoms with Crippen molar-refractivity contribution in [2.75, 3.05) is 0 Å². The first-order chi connectivity index (χ1) is 13.1. The Balaban J connectivity index is 2.39. The van der Waals surface area contributed by atoms with Crippen LogP contribution in [0.4, 0.5) is 17.3 Å². The molecule has 0 aromatic heterocycles. The summed E-state index contributed by atoms with van der Waals surface area (Å²) in [6.07, 6.45) is 0. The summed E-state index contributed by atoms with van der Waals surface area (Å²) in [7, 11) is -6.74. The lowest BCUT2D eigenvalue weighted by Crippen LogP contribution is -2.26. The molecular weight excluding hydrogens is 472 g/mol. The van der Waals surface area contributed by atoms with Crippen molar-refractivity contribution in [3.05, 3.63) is 54.5 Å². The van der Waals surface area contributed by atoms with E-state index in [1.165, 1.54) is 0 Å². The van der Waals surface area contributed by atoms with Crippen LogP contribution in [-0.4, -0.2) is 26.5 Å². The van der Waals surface area contributed by atoms with Crippen LogP contribution in [0.25, 0.3) is 0 Å². The zero-order chi connectivity index (χ0) is 20.9. The third-order valence-corrected chi connectivity index (χ3v) is 5.54. The summed E-state index contributed by atoms with van der Waals surface area (Å²) >= 11 is 23.8. The zero-order valence-corrected chi connectivity index (χ0v) is 16.0. The van der Waals surface area contributed by atoms with Gasteiger partial charge in [0.15, 0.2) is 11.6 Å². The Labute approximate surface area is 175 Å². The van der Waals surface area contributed by atoms with E-state index in [1.807, 2.05) is 0 Å². The van der Waals surface area contributed by atoms with Crippen LogP contribution in [0.2, 0.25) is 20.1 Å². The largest absolute Gasteiger partial charge is 0.796 e. The number of fused-ring (bicyclic) bond motifs is 2. The molecule has 1 aliphatic carbocycles. The fraction of sp³-hybridized carbons (Fsp3) is 0. The maximum Gasteiger partial charge on any atom is 0.796 e. The van der Waals surface area contributed by atoms with Crippen LogP contribution in [0.5, 0.6) is 11.5 Å². The van der Waals surface area contributed by atoms with Crippen LogP contribution in [0.3, 0.4) is 0 Å². The number of carbonyl (C=O) groups is 2. The van der Waals surface area contributed by atoms with E-state index < -0.39 is 70.3 Å². The van der Waals surface area contributed by atoms with Crippen LogP contribution in [0.1, 0.15) is 31.8 Å². The number of carbonyl (C=O) groups excluding carboxylic acids is 2. The maximum absolute atomic E-state index is 13.0. The molecule has 144 valence electrons. The minimum atomic E-state index is -3.37. The third kappa shape index (κ3) is 3.32. The summed E-state index contributed by atoms with van der Waals surface area (Å²) in [6.45, 7) is 0. The monoisotopic (exact) mass is 472 g/mol. The Bertz CT molecular complexity index is 955. The molecule has 0 spiro atoms. The van der Waals surface area contributed by atoms with Crippen molar-refractivity contribution < 1.29 is 36.2 Å². The molecule has 0 aliphatic heterocycles. The number of hydrogen-bond acceptors (Lipinski definition) is 4. The SMILES string of the molecule is O=C1c2c(OB(F)F)ccc(OB(F)F)c2C(=O)c2c(Cl)c(Cl)c(Cl)c(Cl)c21. The number of halogens is 8. The lowest BCUT2D eigenvalue weighted by atomic mass is 9.82. The Morgan fingerprint density at radius 2 is 0.929 bits per heavy atom. The van der Waals surface area contributed by atoms with Gasteiger partial charge >= 0.3 is 14.9 Å². The van der Waals surface area contributed by atoms with Crippen molar-refractivity contribution in [3.8, 4) is 11.5 Å². The number of hydrogen-bond donors (Lipinski definition) is 0. The van der Waals surface area contributed by atoms with Gasteiger partial charge in [-0.25, -0.2) is 17.3 Å². The van der Waals surface area contributed by atoms with E-state index in [0.29, 0.717) is 0 Å². The standard InChI is InChI=1S/C14H2B2Cl4F4O4/c17-9-7-8(10(18)12(20)11(9)19)14(26)6-4(28-16(23)24)2-1-3(27-15(21)22)5(6)13(7)25/h1-2H. The summed E-state index contributed by atoms with van der Waals surface area (Å²) in [4.78, 5) is 25.9. The summed E-state index contributed by atoms with van der Waals surface area (Å²) in [6, 6.07) is 1.57. The van der Waals surface area contributed by atoms with Gasteiger partial charge in [0.2, 0.25) is 0 Å². The predicted octanol–water partition coefficient (Wildman–Crippen LogP) is 5.68. The van der Waals surface area contributed by atoms with Crippen molar-refractivity contribution in [1.82, 2.24) is 0 Å². The van der Waals surface area contributed by atoms with Crippen molar-refractivity contribution >= 4 is 72.9 Å². The molecule has 4 nitrogen and oxygen atoms in total. The molecule has 0 amide bonds. The first-order valence-electron chi connectivity index (χ1n) is 7.08. The Hall–Kier alpha value is -1.61. The molecule has 2 aromatic carbocycles. The van der Waals surface area contributed by atoms with E-state index in [-0.39, 0.29) is 10.0 Å². The molecule has 3 rings (SSSR count). The number of rotatable bonds is 4. The van der Waals surface area contributed by atoms with Gasteiger partial charge in [-0.1, -0.05) is 46.4 Å². The minimum Gasteiger partial charge on any atom is -0.505 e. The van der Waals surface area contributed by atoms with Gasteiger partial charge in [-0.2, -0.15) is 0 Å². The predicted molar refractivity (Wildman–Crippen MR) is 97.0 cm³/mol. The van der Waals surface area contributed by atoms with E-state index in [1.54, 1.807) is 0 Å². The van der Waals surface area contributed by atoms with E-state index >= 15 is 0 Å². The molecule has 0 heterocycles. The zero-order valence-electron chi connectivity index (χ0n) is 13.0. The Kier molecular flexibility index (Phi) is 5.78. The first-order valence-corrected chi connectivity index (χ1v) is 8.59. The summed E-state index contributed by atoms with van der Waals surface area (Å²) in [5.41, 5.74) is -2.53. The highest BCUT2D eigenvalue weighted by molar-refractivity contribution is 6.55. The van der Waals surface area contributed by atoms with Crippen LogP contribution >= 0.6 is 46.4 Å². The summed E-state index contributed by atoms with van der Waals surface area (Å²) in [5.74, 6) is -3.70. The topological polar surface area (TPSA) is 52.6 Å². The number of ketones is 2. The Morgan fingerprint density at radius 3 is 1.21 bits per heavy atom. The van der Waals surface area contributed by atoms with E-state index in [4.69, 9.17) is 46.4 Å². The van der Waals surface area contributed by atoms with Crippen molar-refractivity contribution in [3.63, 3.8) is 0 Å². The lowest BCUT2D eigenvalue weighted by Gasteiger charge is -2.24.